The summed E-state index contributed by atoms with van der Waals surface area (Å²) in [5, 5.41) is 0. The van der Waals surface area contributed by atoms with Crippen molar-refractivity contribution in [1.82, 2.24) is 0 Å². The number of rotatable bonds is 11. The SMILES string of the molecule is CCOC(CCCCCCC=O)OCC. The minimum absolute atomic E-state index is 0.0360. The third-order valence-electron chi connectivity index (χ3n) is 2.22. The van der Waals surface area contributed by atoms with E-state index < -0.39 is 0 Å². The first-order valence-electron chi connectivity index (χ1n) is 6.02. The third kappa shape index (κ3) is 9.88. The molecule has 0 aromatic carbocycles. The highest BCUT2D eigenvalue weighted by Gasteiger charge is 2.06. The molecule has 0 amide bonds. The smallest absolute Gasteiger partial charge is 0.157 e. The van der Waals surface area contributed by atoms with Crippen LogP contribution in [0.3, 0.4) is 0 Å². The zero-order valence-electron chi connectivity index (χ0n) is 10.0. The van der Waals surface area contributed by atoms with E-state index >= 15 is 0 Å². The van der Waals surface area contributed by atoms with Crippen LogP contribution in [-0.4, -0.2) is 25.8 Å². The molecule has 0 radical (unpaired) electrons. The Labute approximate surface area is 93.1 Å². The average molecular weight is 216 g/mol. The highest BCUT2D eigenvalue weighted by Crippen LogP contribution is 2.10. The van der Waals surface area contributed by atoms with E-state index in [-0.39, 0.29) is 6.29 Å². The van der Waals surface area contributed by atoms with Gasteiger partial charge in [-0.05, 0) is 33.1 Å². The van der Waals surface area contributed by atoms with Crippen LogP contribution in [0.15, 0.2) is 0 Å². The second kappa shape index (κ2) is 11.7. The molecule has 0 aromatic rings. The standard InChI is InChI=1S/C12H24O3/c1-3-14-12(15-4-2)10-8-6-5-7-9-11-13/h11-12H,3-10H2,1-2H3. The molecular formula is C12H24O3. The van der Waals surface area contributed by atoms with Gasteiger partial charge in [0.25, 0.3) is 0 Å². The molecule has 90 valence electrons. The number of hydrogen-bond donors (Lipinski definition) is 0. The number of carbonyl (C=O) groups is 1. The summed E-state index contributed by atoms with van der Waals surface area (Å²) in [5.41, 5.74) is 0. The summed E-state index contributed by atoms with van der Waals surface area (Å²) in [7, 11) is 0. The Bertz CT molecular complexity index is 131. The number of ether oxygens (including phenoxy) is 2. The number of hydrogen-bond acceptors (Lipinski definition) is 3. The summed E-state index contributed by atoms with van der Waals surface area (Å²) < 4.78 is 10.9. The van der Waals surface area contributed by atoms with Crippen LogP contribution in [0, 0.1) is 0 Å². The van der Waals surface area contributed by atoms with Crippen LogP contribution in [0.4, 0.5) is 0 Å². The lowest BCUT2D eigenvalue weighted by Gasteiger charge is -2.16. The van der Waals surface area contributed by atoms with Gasteiger partial charge in [0.2, 0.25) is 0 Å². The molecule has 0 aliphatic rings. The lowest BCUT2D eigenvalue weighted by Crippen LogP contribution is -2.17. The van der Waals surface area contributed by atoms with Crippen LogP contribution in [0.5, 0.6) is 0 Å². The van der Waals surface area contributed by atoms with E-state index in [2.05, 4.69) is 0 Å². The van der Waals surface area contributed by atoms with Crippen molar-refractivity contribution in [2.75, 3.05) is 13.2 Å². The van der Waals surface area contributed by atoms with E-state index in [1.54, 1.807) is 0 Å². The maximum atomic E-state index is 10.1. The van der Waals surface area contributed by atoms with E-state index in [1.165, 1.54) is 0 Å². The van der Waals surface area contributed by atoms with Gasteiger partial charge in [-0.3, -0.25) is 0 Å². The first kappa shape index (κ1) is 14.6. The van der Waals surface area contributed by atoms with Crippen LogP contribution in [0.25, 0.3) is 0 Å². The molecule has 0 fully saturated rings. The van der Waals surface area contributed by atoms with Crippen molar-refractivity contribution in [2.24, 2.45) is 0 Å². The molecule has 0 aliphatic heterocycles. The predicted octanol–water partition coefficient (Wildman–Crippen LogP) is 2.93. The zero-order chi connectivity index (χ0) is 11.4. The van der Waals surface area contributed by atoms with Gasteiger partial charge in [-0.2, -0.15) is 0 Å². The Morgan fingerprint density at radius 3 is 2.13 bits per heavy atom. The van der Waals surface area contributed by atoms with Gasteiger partial charge in [0.05, 0.1) is 0 Å². The number of carbonyl (C=O) groups excluding carboxylic acids is 1. The lowest BCUT2D eigenvalue weighted by atomic mass is 10.1. The molecule has 3 heteroatoms. The van der Waals surface area contributed by atoms with Gasteiger partial charge in [-0.15, -0.1) is 0 Å². The van der Waals surface area contributed by atoms with Crippen molar-refractivity contribution >= 4 is 6.29 Å². The molecule has 0 N–H and O–H groups in total. The number of unbranched alkanes of at least 4 members (excludes halogenated alkanes) is 4. The molecular weight excluding hydrogens is 192 g/mol. The Balaban J connectivity index is 3.31. The first-order chi connectivity index (χ1) is 7.35. The van der Waals surface area contributed by atoms with Gasteiger partial charge in [0.1, 0.15) is 6.29 Å². The minimum Gasteiger partial charge on any atom is -0.353 e. The highest BCUT2D eigenvalue weighted by atomic mass is 16.7. The summed E-state index contributed by atoms with van der Waals surface area (Å²) in [5.74, 6) is 0. The number of aldehydes is 1. The minimum atomic E-state index is -0.0360. The second-order valence-electron chi connectivity index (χ2n) is 3.50. The molecule has 0 unspecified atom stereocenters. The quantitative estimate of drug-likeness (QED) is 0.302. The molecule has 0 heterocycles. The molecule has 15 heavy (non-hydrogen) atoms. The third-order valence-corrected chi connectivity index (χ3v) is 2.22. The Hall–Kier alpha value is -0.410. The normalized spacial score (nSPS) is 10.9. The van der Waals surface area contributed by atoms with Crippen LogP contribution in [0.1, 0.15) is 52.4 Å². The largest absolute Gasteiger partial charge is 0.353 e. The summed E-state index contributed by atoms with van der Waals surface area (Å²) in [4.78, 5) is 10.1. The fourth-order valence-electron chi connectivity index (χ4n) is 1.48. The van der Waals surface area contributed by atoms with Gasteiger partial charge in [0.15, 0.2) is 6.29 Å². The van der Waals surface area contributed by atoms with Gasteiger partial charge < -0.3 is 14.3 Å². The molecule has 0 saturated heterocycles. The maximum absolute atomic E-state index is 10.1. The van der Waals surface area contributed by atoms with Crippen LogP contribution >= 0.6 is 0 Å². The average Bonchev–Trinajstić information content (AvgIpc) is 2.24. The van der Waals surface area contributed by atoms with Gasteiger partial charge >= 0.3 is 0 Å². The maximum Gasteiger partial charge on any atom is 0.157 e. The topological polar surface area (TPSA) is 35.5 Å². The summed E-state index contributed by atoms with van der Waals surface area (Å²) in [6, 6.07) is 0. The molecule has 0 atom stereocenters. The molecule has 0 aliphatic carbocycles. The van der Waals surface area contributed by atoms with Crippen molar-refractivity contribution in [2.45, 2.75) is 58.7 Å². The van der Waals surface area contributed by atoms with Crippen molar-refractivity contribution in [3.8, 4) is 0 Å². The van der Waals surface area contributed by atoms with E-state index in [4.69, 9.17) is 9.47 Å². The van der Waals surface area contributed by atoms with E-state index in [0.29, 0.717) is 19.6 Å². The summed E-state index contributed by atoms with van der Waals surface area (Å²) in [6.07, 6.45) is 7.02. The van der Waals surface area contributed by atoms with Crippen molar-refractivity contribution in [1.29, 1.82) is 0 Å². The van der Waals surface area contributed by atoms with Gasteiger partial charge in [-0.1, -0.05) is 12.8 Å². The van der Waals surface area contributed by atoms with Crippen LogP contribution in [0.2, 0.25) is 0 Å². The Kier molecular flexibility index (Phi) is 11.3. The highest BCUT2D eigenvalue weighted by molar-refractivity contribution is 5.48. The van der Waals surface area contributed by atoms with E-state index in [0.717, 1.165) is 38.4 Å². The molecule has 0 spiro atoms. The first-order valence-corrected chi connectivity index (χ1v) is 6.02. The Morgan fingerprint density at radius 1 is 1.00 bits per heavy atom. The molecule has 0 bridgehead atoms. The Morgan fingerprint density at radius 2 is 1.60 bits per heavy atom. The van der Waals surface area contributed by atoms with Crippen LogP contribution < -0.4 is 0 Å². The van der Waals surface area contributed by atoms with Crippen molar-refractivity contribution in [3.63, 3.8) is 0 Å². The lowest BCUT2D eigenvalue weighted by molar-refractivity contribution is -0.140. The van der Waals surface area contributed by atoms with E-state index in [1.807, 2.05) is 13.8 Å². The fraction of sp³-hybridized carbons (Fsp3) is 0.917. The van der Waals surface area contributed by atoms with Crippen LogP contribution in [-0.2, 0) is 14.3 Å². The molecule has 0 saturated carbocycles. The van der Waals surface area contributed by atoms with Crippen molar-refractivity contribution < 1.29 is 14.3 Å². The fourth-order valence-corrected chi connectivity index (χ4v) is 1.48. The summed E-state index contributed by atoms with van der Waals surface area (Å²) >= 11 is 0. The summed E-state index contributed by atoms with van der Waals surface area (Å²) in [6.45, 7) is 5.37. The van der Waals surface area contributed by atoms with Crippen molar-refractivity contribution in [3.05, 3.63) is 0 Å². The zero-order valence-corrected chi connectivity index (χ0v) is 10.0. The second-order valence-corrected chi connectivity index (χ2v) is 3.50. The van der Waals surface area contributed by atoms with Gasteiger partial charge in [-0.25, -0.2) is 0 Å². The molecule has 0 rings (SSSR count). The predicted molar refractivity (Wildman–Crippen MR) is 60.8 cm³/mol. The van der Waals surface area contributed by atoms with Gasteiger partial charge in [0, 0.05) is 19.6 Å². The monoisotopic (exact) mass is 216 g/mol. The molecule has 3 nitrogen and oxygen atoms in total. The molecule has 0 aromatic heterocycles. The van der Waals surface area contributed by atoms with E-state index in [9.17, 15) is 4.79 Å².